The quantitative estimate of drug-likeness (QED) is 0.846. The number of hydrogen-bond acceptors (Lipinski definition) is 5. The summed E-state index contributed by atoms with van der Waals surface area (Å²) < 4.78 is 32.4. The minimum atomic E-state index is -3.68. The smallest absolute Gasteiger partial charge is 0.308 e. The zero-order chi connectivity index (χ0) is 19.1. The number of sulfonamides is 1. The van der Waals surface area contributed by atoms with Crippen LogP contribution in [0.1, 0.15) is 48.9 Å². The number of carboxylic acid groups (broad SMARTS) is 1. The molecule has 2 aliphatic heterocycles. The van der Waals surface area contributed by atoms with Crippen molar-refractivity contribution in [1.29, 1.82) is 0 Å². The van der Waals surface area contributed by atoms with Crippen LogP contribution in [0.25, 0.3) is 0 Å². The standard InChI is InChI=1S/C17H24N2O6S/c1-11-13(17(21)22)6-5-9-19(11)16(20)14-10-15(12(2)25-14)26(23,24)18-7-3-4-8-18/h10-11,13H,3-9H2,1-2H3,(H,21,22)/t11-,13-/m1/s1. The van der Waals surface area contributed by atoms with Gasteiger partial charge in [0.05, 0.1) is 5.92 Å². The number of piperidine rings is 1. The number of aliphatic carboxylic acids is 1. The van der Waals surface area contributed by atoms with Gasteiger partial charge >= 0.3 is 5.97 Å². The fourth-order valence-corrected chi connectivity index (χ4v) is 5.47. The lowest BCUT2D eigenvalue weighted by molar-refractivity contribution is -0.145. The number of carbonyl (C=O) groups excluding carboxylic acids is 1. The number of furan rings is 1. The number of likely N-dealkylation sites (tertiary alicyclic amines) is 1. The second kappa shape index (κ2) is 7.03. The summed E-state index contributed by atoms with van der Waals surface area (Å²) in [6.07, 6.45) is 2.76. The van der Waals surface area contributed by atoms with E-state index in [-0.39, 0.29) is 16.4 Å². The van der Waals surface area contributed by atoms with Crippen molar-refractivity contribution >= 4 is 21.9 Å². The van der Waals surface area contributed by atoms with Crippen molar-refractivity contribution in [3.8, 4) is 0 Å². The zero-order valence-corrected chi connectivity index (χ0v) is 15.8. The molecule has 1 N–H and O–H groups in total. The largest absolute Gasteiger partial charge is 0.481 e. The summed E-state index contributed by atoms with van der Waals surface area (Å²) in [6.45, 7) is 4.60. The molecule has 2 fully saturated rings. The molecule has 3 heterocycles. The molecule has 1 aromatic rings. The fourth-order valence-electron chi connectivity index (χ4n) is 3.80. The predicted molar refractivity (Wildman–Crippen MR) is 92.3 cm³/mol. The van der Waals surface area contributed by atoms with E-state index in [9.17, 15) is 23.1 Å². The molecule has 0 spiro atoms. The van der Waals surface area contributed by atoms with Crippen LogP contribution in [-0.4, -0.2) is 60.3 Å². The minimum Gasteiger partial charge on any atom is -0.481 e. The number of hydrogen-bond donors (Lipinski definition) is 1. The molecule has 0 aromatic carbocycles. The third kappa shape index (κ3) is 3.25. The SMILES string of the molecule is Cc1oc(C(=O)N2CCC[C@@H](C(=O)O)[C@H]2C)cc1S(=O)(=O)N1CCCC1. The number of amides is 1. The molecule has 26 heavy (non-hydrogen) atoms. The Morgan fingerprint density at radius 1 is 1.19 bits per heavy atom. The average molecular weight is 384 g/mol. The molecule has 2 aliphatic rings. The van der Waals surface area contributed by atoms with Crippen LogP contribution in [0.15, 0.2) is 15.4 Å². The maximum Gasteiger partial charge on any atom is 0.308 e. The molecule has 0 saturated carbocycles. The second-order valence-electron chi connectivity index (χ2n) is 6.97. The van der Waals surface area contributed by atoms with E-state index in [1.807, 2.05) is 0 Å². The molecule has 9 heteroatoms. The fraction of sp³-hybridized carbons (Fsp3) is 0.647. The minimum absolute atomic E-state index is 0.0159. The van der Waals surface area contributed by atoms with Crippen molar-refractivity contribution in [2.75, 3.05) is 19.6 Å². The summed E-state index contributed by atoms with van der Waals surface area (Å²) in [4.78, 5) is 25.7. The Balaban J connectivity index is 1.86. The number of nitrogens with zero attached hydrogens (tertiary/aromatic N) is 2. The summed E-state index contributed by atoms with van der Waals surface area (Å²) in [6, 6.07) is 0.806. The first-order chi connectivity index (χ1) is 12.2. The summed E-state index contributed by atoms with van der Waals surface area (Å²) in [5.74, 6) is -1.90. The maximum atomic E-state index is 12.8. The van der Waals surface area contributed by atoms with Crippen molar-refractivity contribution < 1.29 is 27.5 Å². The molecule has 1 amide bonds. The first kappa shape index (κ1) is 18.9. The van der Waals surface area contributed by atoms with E-state index < -0.39 is 33.9 Å². The maximum absolute atomic E-state index is 12.8. The van der Waals surface area contributed by atoms with Crippen molar-refractivity contribution in [1.82, 2.24) is 9.21 Å². The van der Waals surface area contributed by atoms with Gasteiger partial charge in [0.25, 0.3) is 5.91 Å². The van der Waals surface area contributed by atoms with E-state index in [0.29, 0.717) is 32.5 Å². The van der Waals surface area contributed by atoms with Gasteiger partial charge in [-0.25, -0.2) is 8.42 Å². The van der Waals surface area contributed by atoms with Crippen LogP contribution >= 0.6 is 0 Å². The van der Waals surface area contributed by atoms with Crippen LogP contribution in [0.4, 0.5) is 0 Å². The van der Waals surface area contributed by atoms with Crippen LogP contribution < -0.4 is 0 Å². The Morgan fingerprint density at radius 2 is 1.85 bits per heavy atom. The summed E-state index contributed by atoms with van der Waals surface area (Å²) in [5, 5.41) is 9.31. The molecule has 8 nitrogen and oxygen atoms in total. The molecule has 1 aromatic heterocycles. The number of aryl methyl sites for hydroxylation is 1. The van der Waals surface area contributed by atoms with Gasteiger partial charge in [-0.3, -0.25) is 9.59 Å². The van der Waals surface area contributed by atoms with Gasteiger partial charge in [0.15, 0.2) is 5.76 Å². The van der Waals surface area contributed by atoms with Crippen LogP contribution in [-0.2, 0) is 14.8 Å². The van der Waals surface area contributed by atoms with E-state index in [2.05, 4.69) is 0 Å². The first-order valence-corrected chi connectivity index (χ1v) is 10.3. The molecule has 2 saturated heterocycles. The molecular formula is C17H24N2O6S. The highest BCUT2D eigenvalue weighted by Gasteiger charge is 2.38. The Bertz CT molecular complexity index is 809. The lowest BCUT2D eigenvalue weighted by Crippen LogP contribution is -2.49. The Morgan fingerprint density at radius 3 is 2.46 bits per heavy atom. The average Bonchev–Trinajstić information content (AvgIpc) is 3.24. The zero-order valence-electron chi connectivity index (χ0n) is 15.0. The van der Waals surface area contributed by atoms with E-state index >= 15 is 0 Å². The van der Waals surface area contributed by atoms with Crippen LogP contribution in [0.3, 0.4) is 0 Å². The Labute approximate surface area is 152 Å². The highest BCUT2D eigenvalue weighted by Crippen LogP contribution is 2.29. The van der Waals surface area contributed by atoms with Gasteiger partial charge in [-0.1, -0.05) is 0 Å². The van der Waals surface area contributed by atoms with Gasteiger partial charge in [-0.15, -0.1) is 0 Å². The first-order valence-electron chi connectivity index (χ1n) is 8.88. The van der Waals surface area contributed by atoms with Gasteiger partial charge in [0.2, 0.25) is 10.0 Å². The van der Waals surface area contributed by atoms with Gasteiger partial charge in [-0.05, 0) is 39.5 Å². The third-order valence-corrected chi connectivity index (χ3v) is 7.34. The monoisotopic (exact) mass is 384 g/mol. The summed E-state index contributed by atoms with van der Waals surface area (Å²) in [5.41, 5.74) is 0. The molecule has 0 radical (unpaired) electrons. The summed E-state index contributed by atoms with van der Waals surface area (Å²) >= 11 is 0. The van der Waals surface area contributed by atoms with Crippen molar-refractivity contribution in [2.24, 2.45) is 5.92 Å². The van der Waals surface area contributed by atoms with Crippen molar-refractivity contribution in [3.63, 3.8) is 0 Å². The molecule has 0 unspecified atom stereocenters. The molecule has 3 rings (SSSR count). The third-order valence-electron chi connectivity index (χ3n) is 5.33. The van der Waals surface area contributed by atoms with Gasteiger partial charge in [0.1, 0.15) is 10.7 Å². The predicted octanol–water partition coefficient (Wildman–Crippen LogP) is 1.70. The van der Waals surface area contributed by atoms with Crippen molar-refractivity contribution in [2.45, 2.75) is 50.5 Å². The topological polar surface area (TPSA) is 108 Å². The number of carboxylic acids is 1. The number of rotatable bonds is 4. The molecule has 0 aliphatic carbocycles. The Hall–Kier alpha value is -1.87. The molecule has 0 bridgehead atoms. The van der Waals surface area contributed by atoms with Crippen LogP contribution in [0.5, 0.6) is 0 Å². The van der Waals surface area contributed by atoms with E-state index in [4.69, 9.17) is 4.42 Å². The second-order valence-corrected chi connectivity index (χ2v) is 8.87. The molecular weight excluding hydrogens is 360 g/mol. The highest BCUT2D eigenvalue weighted by molar-refractivity contribution is 7.89. The summed E-state index contributed by atoms with van der Waals surface area (Å²) in [7, 11) is -3.68. The van der Waals surface area contributed by atoms with E-state index in [1.165, 1.54) is 22.2 Å². The van der Waals surface area contributed by atoms with E-state index in [1.54, 1.807) is 6.92 Å². The number of carbonyl (C=O) groups is 2. The molecule has 2 atom stereocenters. The van der Waals surface area contributed by atoms with Gasteiger partial charge < -0.3 is 14.4 Å². The Kier molecular flexibility index (Phi) is 5.12. The van der Waals surface area contributed by atoms with Crippen molar-refractivity contribution in [3.05, 3.63) is 17.6 Å². The molecule has 144 valence electrons. The van der Waals surface area contributed by atoms with Crippen LogP contribution in [0, 0.1) is 12.8 Å². The lowest BCUT2D eigenvalue weighted by atomic mass is 9.90. The van der Waals surface area contributed by atoms with Gasteiger partial charge in [0, 0.05) is 31.7 Å². The van der Waals surface area contributed by atoms with Crippen LogP contribution in [0.2, 0.25) is 0 Å². The van der Waals surface area contributed by atoms with E-state index in [0.717, 1.165) is 12.8 Å². The highest BCUT2D eigenvalue weighted by atomic mass is 32.2. The van der Waals surface area contributed by atoms with Gasteiger partial charge in [-0.2, -0.15) is 4.31 Å². The normalized spacial score (nSPS) is 24.8. The lowest BCUT2D eigenvalue weighted by Gasteiger charge is -2.36.